The number of fused-ring (bicyclic) bond motifs is 11. The lowest BCUT2D eigenvalue weighted by atomic mass is 10.0. The Kier molecular flexibility index (Phi) is 8.40. The summed E-state index contributed by atoms with van der Waals surface area (Å²) in [4.78, 5) is 2.26. The van der Waals surface area contributed by atoms with Crippen molar-refractivity contribution in [3.8, 4) is 23.7 Å². The molecule has 0 aliphatic rings. The molecule has 252 valence electrons. The Morgan fingerprint density at radius 2 is 1.06 bits per heavy atom. The minimum absolute atomic E-state index is 1.01. The molecule has 4 aromatic carbocycles. The topological polar surface area (TPSA) is 4.93 Å². The van der Waals surface area contributed by atoms with Crippen molar-refractivity contribution in [3.05, 3.63) is 117 Å². The highest BCUT2D eigenvalue weighted by molar-refractivity contribution is 7.28. The number of thiophene rings is 5. The second-order valence-corrected chi connectivity index (χ2v) is 18.6. The number of hydrogen-bond acceptors (Lipinski definition) is 5. The molecule has 6 heteroatoms. The van der Waals surface area contributed by atoms with E-state index in [0.29, 0.717) is 0 Å². The molecule has 0 unspecified atom stereocenters. The highest BCUT2D eigenvalue weighted by Gasteiger charge is 2.17. The van der Waals surface area contributed by atoms with Gasteiger partial charge in [-0.15, -0.1) is 56.7 Å². The molecule has 52 heavy (non-hydrogen) atoms. The third-order valence-corrected chi connectivity index (χ3v) is 15.3. The molecule has 0 aliphatic carbocycles. The summed E-state index contributed by atoms with van der Waals surface area (Å²) in [7, 11) is 0. The van der Waals surface area contributed by atoms with Gasteiger partial charge in [-0.3, -0.25) is 0 Å². The summed E-state index contributed by atoms with van der Waals surface area (Å²) in [6.45, 7) is 3.30. The molecule has 0 aliphatic heterocycles. The lowest BCUT2D eigenvalue weighted by Crippen LogP contribution is -1.98. The fourth-order valence-corrected chi connectivity index (χ4v) is 12.8. The van der Waals surface area contributed by atoms with E-state index in [2.05, 4.69) is 131 Å². The Hall–Kier alpha value is -4.40. The first kappa shape index (κ1) is 32.3. The fraction of sp³-hybridized carbons (Fsp3) is 0.174. The van der Waals surface area contributed by atoms with E-state index in [-0.39, 0.29) is 0 Å². The maximum atomic E-state index is 3.51. The molecule has 0 N–H and O–H groups in total. The molecule has 0 spiro atoms. The molecule has 0 saturated heterocycles. The van der Waals surface area contributed by atoms with E-state index in [9.17, 15) is 0 Å². The van der Waals surface area contributed by atoms with Crippen LogP contribution in [0.1, 0.15) is 66.3 Å². The van der Waals surface area contributed by atoms with Crippen molar-refractivity contribution in [2.45, 2.75) is 52.0 Å². The maximum Gasteiger partial charge on any atom is 0.0793 e. The zero-order valence-electron chi connectivity index (χ0n) is 28.7. The quantitative estimate of drug-likeness (QED) is 0.113. The second-order valence-electron chi connectivity index (χ2n) is 13.5. The molecule has 6 heterocycles. The Bertz CT molecular complexity index is 3030. The SMILES string of the molecule is CCCCCCCCn1c2cc(C#Cc3cc4sccc4s3)ccc2c2ccc3c(ccc4c5ccc(C#Cc6cc7sccc7s6)cc5sc43)c21. The standard InChI is InChI=1S/C46H33NS5/c1-2-3-4-5-6-7-22-47-39-25-29(8-12-31-27-43-40(50-31)20-23-48-43)10-14-33(39)35-16-19-38-36(45(35)47)17-18-37-34-15-11-30(26-42(34)52-46(37)38)9-13-32-28-44-41(51-32)21-24-49-44/h10-11,14-21,23-28H,2-7,22H2,1H3. The Labute approximate surface area is 322 Å². The second kappa shape index (κ2) is 13.5. The zero-order chi connectivity index (χ0) is 34.6. The van der Waals surface area contributed by atoms with E-state index in [1.54, 1.807) is 45.3 Å². The number of nitrogens with zero attached hydrogens (tertiary/aromatic N) is 1. The van der Waals surface area contributed by atoms with E-state index in [4.69, 9.17) is 0 Å². The minimum atomic E-state index is 1.01. The highest BCUT2D eigenvalue weighted by atomic mass is 32.1. The lowest BCUT2D eigenvalue weighted by Gasteiger charge is -2.10. The normalized spacial score (nSPS) is 11.8. The summed E-state index contributed by atoms with van der Waals surface area (Å²) in [6, 6.07) is 31.9. The van der Waals surface area contributed by atoms with Gasteiger partial charge in [0.05, 0.1) is 20.8 Å². The van der Waals surface area contributed by atoms with Gasteiger partial charge < -0.3 is 4.57 Å². The van der Waals surface area contributed by atoms with Crippen LogP contribution in [0, 0.1) is 23.7 Å². The van der Waals surface area contributed by atoms with Gasteiger partial charge in [-0.25, -0.2) is 0 Å². The van der Waals surface area contributed by atoms with Gasteiger partial charge in [-0.1, -0.05) is 99.1 Å². The highest BCUT2D eigenvalue weighted by Crippen LogP contribution is 2.43. The first-order valence-electron chi connectivity index (χ1n) is 18.0. The molecule has 0 bridgehead atoms. The number of aromatic nitrogens is 1. The lowest BCUT2D eigenvalue weighted by molar-refractivity contribution is 0.571. The van der Waals surface area contributed by atoms with Crippen LogP contribution in [0.25, 0.3) is 71.6 Å². The average molecular weight is 760 g/mol. The summed E-state index contributed by atoms with van der Waals surface area (Å²) in [5, 5.41) is 12.3. The largest absolute Gasteiger partial charge is 0.340 e. The predicted molar refractivity (Wildman–Crippen MR) is 235 cm³/mol. The molecular formula is C46H33NS5. The number of benzene rings is 4. The van der Waals surface area contributed by atoms with Crippen LogP contribution in [0.2, 0.25) is 0 Å². The van der Waals surface area contributed by atoms with Crippen LogP contribution in [0.3, 0.4) is 0 Å². The molecule has 0 saturated carbocycles. The summed E-state index contributed by atoms with van der Waals surface area (Å²) in [5.41, 5.74) is 4.79. The molecule has 0 amide bonds. The molecule has 0 atom stereocenters. The van der Waals surface area contributed by atoms with Crippen molar-refractivity contribution in [1.29, 1.82) is 0 Å². The van der Waals surface area contributed by atoms with Gasteiger partial charge in [0.15, 0.2) is 0 Å². The van der Waals surface area contributed by atoms with Crippen LogP contribution < -0.4 is 0 Å². The van der Waals surface area contributed by atoms with E-state index in [1.165, 1.54) is 110 Å². The van der Waals surface area contributed by atoms with Gasteiger partial charge in [-0.05, 0) is 65.7 Å². The van der Waals surface area contributed by atoms with Gasteiger partial charge in [0, 0.05) is 78.2 Å². The summed E-state index contributed by atoms with van der Waals surface area (Å²) in [6.07, 6.45) is 7.69. The Morgan fingerprint density at radius 3 is 1.75 bits per heavy atom. The third kappa shape index (κ3) is 5.75. The molecule has 0 radical (unpaired) electrons. The first-order chi connectivity index (χ1) is 25.7. The summed E-state index contributed by atoms with van der Waals surface area (Å²) < 4.78 is 10.6. The van der Waals surface area contributed by atoms with Gasteiger partial charge in [0.2, 0.25) is 0 Å². The number of hydrogen-bond donors (Lipinski definition) is 0. The summed E-state index contributed by atoms with van der Waals surface area (Å²) >= 11 is 9.04. The minimum Gasteiger partial charge on any atom is -0.340 e. The van der Waals surface area contributed by atoms with Gasteiger partial charge in [0.25, 0.3) is 0 Å². The smallest absolute Gasteiger partial charge is 0.0793 e. The van der Waals surface area contributed by atoms with E-state index in [1.807, 2.05) is 11.3 Å². The maximum absolute atomic E-state index is 3.51. The molecular weight excluding hydrogens is 727 g/mol. The van der Waals surface area contributed by atoms with Crippen LogP contribution in [0.5, 0.6) is 0 Å². The van der Waals surface area contributed by atoms with Gasteiger partial charge in [-0.2, -0.15) is 0 Å². The molecule has 1 nitrogen and oxygen atoms in total. The summed E-state index contributed by atoms with van der Waals surface area (Å²) in [5.74, 6) is 13.9. The van der Waals surface area contributed by atoms with Crippen molar-refractivity contribution >= 4 is 128 Å². The van der Waals surface area contributed by atoms with Crippen molar-refractivity contribution < 1.29 is 0 Å². The fourth-order valence-electron chi connectivity index (χ4n) is 7.60. The first-order valence-corrected chi connectivity index (χ1v) is 22.2. The van der Waals surface area contributed by atoms with E-state index in [0.717, 1.165) is 27.4 Å². The average Bonchev–Trinajstić information content (AvgIpc) is 4.01. The molecule has 10 aromatic rings. The van der Waals surface area contributed by atoms with E-state index >= 15 is 0 Å². The van der Waals surface area contributed by atoms with Crippen molar-refractivity contribution in [3.63, 3.8) is 0 Å². The molecule has 6 aromatic heterocycles. The van der Waals surface area contributed by atoms with Crippen LogP contribution in [-0.2, 0) is 6.54 Å². The number of aryl methyl sites for hydroxylation is 1. The van der Waals surface area contributed by atoms with Crippen LogP contribution in [0.15, 0.2) is 95.7 Å². The third-order valence-electron chi connectivity index (χ3n) is 10.1. The molecule has 10 rings (SSSR count). The van der Waals surface area contributed by atoms with Gasteiger partial charge >= 0.3 is 0 Å². The van der Waals surface area contributed by atoms with Crippen molar-refractivity contribution in [1.82, 2.24) is 4.57 Å². The molecule has 0 fully saturated rings. The predicted octanol–water partition coefficient (Wildman–Crippen LogP) is 15.0. The van der Waals surface area contributed by atoms with Crippen LogP contribution >= 0.6 is 56.7 Å². The zero-order valence-corrected chi connectivity index (χ0v) is 32.8. The number of rotatable bonds is 7. The van der Waals surface area contributed by atoms with Crippen LogP contribution in [-0.4, -0.2) is 4.57 Å². The Balaban J connectivity index is 1.07. The number of unbranched alkanes of at least 4 members (excludes halogenated alkanes) is 5. The van der Waals surface area contributed by atoms with Crippen LogP contribution in [0.4, 0.5) is 0 Å². The van der Waals surface area contributed by atoms with Crippen molar-refractivity contribution in [2.24, 2.45) is 0 Å². The van der Waals surface area contributed by atoms with Crippen molar-refractivity contribution in [2.75, 3.05) is 0 Å². The monoisotopic (exact) mass is 759 g/mol. The Morgan fingerprint density at radius 1 is 0.481 bits per heavy atom. The van der Waals surface area contributed by atoms with E-state index < -0.39 is 0 Å². The van der Waals surface area contributed by atoms with Gasteiger partial charge in [0.1, 0.15) is 0 Å².